The summed E-state index contributed by atoms with van der Waals surface area (Å²) in [5.74, 6) is 0. The lowest BCUT2D eigenvalue weighted by Gasteiger charge is -2.22. The van der Waals surface area contributed by atoms with Crippen molar-refractivity contribution in [1.82, 2.24) is 0 Å². The van der Waals surface area contributed by atoms with Crippen LogP contribution in [0.25, 0.3) is 0 Å². The van der Waals surface area contributed by atoms with Gasteiger partial charge in [0.15, 0.2) is 6.26 Å². The van der Waals surface area contributed by atoms with Gasteiger partial charge in [-0.3, -0.25) is 0 Å². The Balaban J connectivity index is 2.76. The van der Waals surface area contributed by atoms with Crippen LogP contribution < -0.4 is 0 Å². The quantitative estimate of drug-likeness (QED) is 0.625. The zero-order valence-corrected chi connectivity index (χ0v) is 5.19. The summed E-state index contributed by atoms with van der Waals surface area (Å²) >= 11 is 0. The Morgan fingerprint density at radius 2 is 2.08 bits per heavy atom. The van der Waals surface area contributed by atoms with Crippen LogP contribution in [0.1, 0.15) is 0 Å². The highest BCUT2D eigenvalue weighted by Gasteiger charge is 2.67. The van der Waals surface area contributed by atoms with Crippen molar-refractivity contribution in [3.63, 3.8) is 0 Å². The van der Waals surface area contributed by atoms with Gasteiger partial charge in [-0.05, 0) is 4.53 Å². The van der Waals surface area contributed by atoms with Crippen LogP contribution in [0.5, 0.6) is 0 Å². The highest BCUT2D eigenvalue weighted by molar-refractivity contribution is 4.87. The smallest absolute Gasteiger partial charge is 0.421 e. The van der Waals surface area contributed by atoms with Gasteiger partial charge in [-0.25, -0.2) is 0 Å². The average Bonchev–Trinajstić information content (AvgIpc) is 2.33. The van der Waals surface area contributed by atoms with Crippen molar-refractivity contribution in [2.24, 2.45) is 0 Å². The minimum absolute atomic E-state index is 0.0765. The molecule has 0 saturated carbocycles. The lowest BCUT2D eigenvalue weighted by atomic mass is 10.5. The molecule has 1 aliphatic heterocycles. The molecule has 1 unspecified atom stereocenters. The SMILES string of the molecule is FOC(F)(F)C1(F)OC=C(F)O1. The number of hydrogen-bond donors (Lipinski definition) is 0. The van der Waals surface area contributed by atoms with E-state index in [1.807, 2.05) is 4.94 Å². The average molecular weight is 192 g/mol. The van der Waals surface area contributed by atoms with Gasteiger partial charge in [-0.15, -0.1) is 9.33 Å². The van der Waals surface area contributed by atoms with Gasteiger partial charge >= 0.3 is 18.2 Å². The van der Waals surface area contributed by atoms with E-state index in [4.69, 9.17) is 0 Å². The molecule has 1 atom stereocenters. The summed E-state index contributed by atoms with van der Waals surface area (Å²) in [5.41, 5.74) is 0. The second kappa shape index (κ2) is 2.47. The summed E-state index contributed by atoms with van der Waals surface area (Å²) in [4.78, 5) is 1.91. The predicted octanol–water partition coefficient (Wildman–Crippen LogP) is 1.92. The first kappa shape index (κ1) is 9.04. The van der Waals surface area contributed by atoms with Crippen LogP contribution in [0.15, 0.2) is 12.3 Å². The van der Waals surface area contributed by atoms with Gasteiger partial charge in [0.25, 0.3) is 0 Å². The van der Waals surface area contributed by atoms with Crippen molar-refractivity contribution < 1.29 is 36.5 Å². The van der Waals surface area contributed by atoms with Gasteiger partial charge in [0.1, 0.15) is 0 Å². The molecule has 0 fully saturated rings. The second-order valence-corrected chi connectivity index (χ2v) is 1.77. The van der Waals surface area contributed by atoms with Crippen LogP contribution in [0.3, 0.4) is 0 Å². The van der Waals surface area contributed by atoms with Crippen molar-refractivity contribution >= 4 is 0 Å². The fraction of sp³-hybridized carbons (Fsp3) is 0.500. The van der Waals surface area contributed by atoms with Gasteiger partial charge < -0.3 is 9.47 Å². The van der Waals surface area contributed by atoms with Crippen LogP contribution in [-0.2, 0) is 14.4 Å². The number of alkyl halides is 3. The first-order chi connectivity index (χ1) is 5.41. The van der Waals surface area contributed by atoms with Crippen molar-refractivity contribution in [2.45, 2.75) is 12.1 Å². The highest BCUT2D eigenvalue weighted by atomic mass is 19.4. The van der Waals surface area contributed by atoms with Crippen LogP contribution in [0.4, 0.5) is 22.1 Å². The third kappa shape index (κ3) is 1.17. The molecule has 0 saturated heterocycles. The maximum absolute atomic E-state index is 12.5. The molecule has 0 aromatic rings. The molecule has 0 aliphatic carbocycles. The summed E-state index contributed by atoms with van der Waals surface area (Å²) in [5, 5.41) is 0. The van der Waals surface area contributed by atoms with Crippen LogP contribution in [-0.4, -0.2) is 12.1 Å². The Labute approximate surface area is 62.2 Å². The fourth-order valence-electron chi connectivity index (χ4n) is 0.470. The first-order valence-electron chi connectivity index (χ1n) is 2.50. The third-order valence-electron chi connectivity index (χ3n) is 0.976. The van der Waals surface area contributed by atoms with Gasteiger partial charge in [-0.2, -0.15) is 13.2 Å². The molecule has 1 heterocycles. The van der Waals surface area contributed by atoms with E-state index in [1.165, 1.54) is 0 Å². The zero-order chi connectivity index (χ0) is 9.41. The standard InChI is InChI=1S/C4HF5O3/c5-2-1-10-4(8,11-2)3(6,7)12-9/h1H. The minimum Gasteiger partial charge on any atom is -0.421 e. The molecule has 12 heavy (non-hydrogen) atoms. The molecule has 0 spiro atoms. The summed E-state index contributed by atoms with van der Waals surface area (Å²) < 4.78 is 65.9. The topological polar surface area (TPSA) is 27.7 Å². The summed E-state index contributed by atoms with van der Waals surface area (Å²) in [6.07, 6.45) is -5.11. The molecule has 0 aromatic carbocycles. The number of ether oxygens (including phenoxy) is 2. The minimum atomic E-state index is -5.03. The normalized spacial score (nSPS) is 29.2. The fourth-order valence-corrected chi connectivity index (χ4v) is 0.470. The molecule has 1 rings (SSSR count). The van der Waals surface area contributed by atoms with E-state index in [2.05, 4.69) is 9.47 Å². The molecule has 1 aliphatic rings. The molecule has 0 bridgehead atoms. The van der Waals surface area contributed by atoms with E-state index in [0.717, 1.165) is 0 Å². The summed E-state index contributed by atoms with van der Waals surface area (Å²) in [6.45, 7) is 0. The highest BCUT2D eigenvalue weighted by Crippen LogP contribution is 2.41. The lowest BCUT2D eigenvalue weighted by Crippen LogP contribution is -2.46. The summed E-state index contributed by atoms with van der Waals surface area (Å²) in [6, 6.07) is -6.03. The predicted molar refractivity (Wildman–Crippen MR) is 22.3 cm³/mol. The number of rotatable bonds is 2. The van der Waals surface area contributed by atoms with Gasteiger partial charge in [0.05, 0.1) is 0 Å². The van der Waals surface area contributed by atoms with Crippen LogP contribution in [0.2, 0.25) is 0 Å². The Kier molecular flexibility index (Phi) is 1.86. The lowest BCUT2D eigenvalue weighted by molar-refractivity contribution is -0.486. The first-order valence-corrected chi connectivity index (χ1v) is 2.50. The van der Waals surface area contributed by atoms with E-state index in [9.17, 15) is 22.1 Å². The van der Waals surface area contributed by atoms with Crippen LogP contribution >= 0.6 is 0 Å². The van der Waals surface area contributed by atoms with Crippen LogP contribution in [0, 0.1) is 0 Å². The molecule has 3 nitrogen and oxygen atoms in total. The zero-order valence-electron chi connectivity index (χ0n) is 5.19. The molecular weight excluding hydrogens is 191 g/mol. The second-order valence-electron chi connectivity index (χ2n) is 1.77. The Hall–Kier alpha value is -1.05. The van der Waals surface area contributed by atoms with Gasteiger partial charge in [0, 0.05) is 0 Å². The largest absolute Gasteiger partial charge is 0.509 e. The van der Waals surface area contributed by atoms with Gasteiger partial charge in [-0.1, -0.05) is 0 Å². The molecule has 8 heteroatoms. The Morgan fingerprint density at radius 1 is 1.50 bits per heavy atom. The molecule has 0 aromatic heterocycles. The molecular formula is C4HF5O3. The van der Waals surface area contributed by atoms with Crippen molar-refractivity contribution in [3.8, 4) is 0 Å². The number of hydrogen-bond acceptors (Lipinski definition) is 3. The Morgan fingerprint density at radius 3 is 2.42 bits per heavy atom. The monoisotopic (exact) mass is 192 g/mol. The maximum Gasteiger partial charge on any atom is 0.509 e. The maximum atomic E-state index is 12.5. The number of halogens is 5. The van der Waals surface area contributed by atoms with E-state index in [0.29, 0.717) is 0 Å². The van der Waals surface area contributed by atoms with E-state index >= 15 is 0 Å². The van der Waals surface area contributed by atoms with E-state index in [-0.39, 0.29) is 6.26 Å². The molecule has 0 amide bonds. The van der Waals surface area contributed by atoms with E-state index < -0.39 is 18.2 Å². The van der Waals surface area contributed by atoms with Crippen molar-refractivity contribution in [1.29, 1.82) is 0 Å². The van der Waals surface area contributed by atoms with Gasteiger partial charge in [0.2, 0.25) is 0 Å². The molecule has 0 radical (unpaired) electrons. The van der Waals surface area contributed by atoms with Crippen molar-refractivity contribution in [2.75, 3.05) is 0 Å². The third-order valence-corrected chi connectivity index (χ3v) is 0.976. The molecule has 0 N–H and O–H groups in total. The molecule has 70 valence electrons. The van der Waals surface area contributed by atoms with E-state index in [1.54, 1.807) is 0 Å². The summed E-state index contributed by atoms with van der Waals surface area (Å²) in [7, 11) is 0. The Bertz CT molecular complexity index is 217. The van der Waals surface area contributed by atoms with Crippen molar-refractivity contribution in [3.05, 3.63) is 12.3 Å².